The highest BCUT2D eigenvalue weighted by atomic mass is 16.2. The first-order chi connectivity index (χ1) is 10.1. The first-order valence-electron chi connectivity index (χ1n) is 7.19. The number of hydrogen-bond donors (Lipinski definition) is 3. The molecular formula is C15H22N4O2. The van der Waals surface area contributed by atoms with Crippen molar-refractivity contribution in [2.45, 2.75) is 25.4 Å². The number of nitrogens with one attached hydrogen (secondary N) is 2. The predicted octanol–water partition coefficient (Wildman–Crippen LogP) is 0.406. The van der Waals surface area contributed by atoms with Gasteiger partial charge in [-0.05, 0) is 25.5 Å². The van der Waals surface area contributed by atoms with E-state index in [2.05, 4.69) is 10.6 Å². The van der Waals surface area contributed by atoms with Gasteiger partial charge in [0, 0.05) is 31.9 Å². The van der Waals surface area contributed by atoms with Crippen molar-refractivity contribution in [3.05, 3.63) is 29.8 Å². The number of carbonyl (C=O) groups is 2. The topological polar surface area (TPSA) is 87.5 Å². The molecule has 1 aliphatic heterocycles. The first-order valence-corrected chi connectivity index (χ1v) is 7.19. The van der Waals surface area contributed by atoms with Gasteiger partial charge in [-0.2, -0.15) is 0 Å². The standard InChI is InChI=1S/C15H22N4O2/c1-3-18-14(20)13-8-10(16)9-19(13)15(21)11-6-4-5-7-12(11)17-2/h4-7,10,13,17H,3,8-9,16H2,1-2H3,(H,18,20)/t10-,13+/m1/s1. The number of likely N-dealkylation sites (N-methyl/N-ethyl adjacent to an activating group) is 1. The third kappa shape index (κ3) is 3.16. The lowest BCUT2D eigenvalue weighted by Crippen LogP contribution is -2.46. The lowest BCUT2D eigenvalue weighted by Gasteiger charge is -2.24. The van der Waals surface area contributed by atoms with Crippen LogP contribution in [0.25, 0.3) is 0 Å². The molecule has 0 saturated carbocycles. The minimum atomic E-state index is -0.489. The van der Waals surface area contributed by atoms with E-state index in [9.17, 15) is 9.59 Å². The Kier molecular flexibility index (Phi) is 4.80. The van der Waals surface area contributed by atoms with Crippen molar-refractivity contribution in [3.63, 3.8) is 0 Å². The SMILES string of the molecule is CCNC(=O)[C@@H]1C[C@@H](N)CN1C(=O)c1ccccc1NC. The second kappa shape index (κ2) is 6.58. The van der Waals surface area contributed by atoms with Gasteiger partial charge in [0.05, 0.1) is 5.56 Å². The van der Waals surface area contributed by atoms with Gasteiger partial charge in [0.15, 0.2) is 0 Å². The first kappa shape index (κ1) is 15.3. The van der Waals surface area contributed by atoms with Gasteiger partial charge < -0.3 is 21.3 Å². The van der Waals surface area contributed by atoms with Gasteiger partial charge in [-0.15, -0.1) is 0 Å². The number of nitrogens with zero attached hydrogens (tertiary/aromatic N) is 1. The highest BCUT2D eigenvalue weighted by molar-refractivity contribution is 6.02. The Labute approximate surface area is 124 Å². The van der Waals surface area contributed by atoms with Gasteiger partial charge in [0.1, 0.15) is 6.04 Å². The van der Waals surface area contributed by atoms with Gasteiger partial charge in [-0.1, -0.05) is 12.1 Å². The molecule has 2 atom stereocenters. The van der Waals surface area contributed by atoms with E-state index in [1.807, 2.05) is 25.1 Å². The Balaban J connectivity index is 2.25. The minimum Gasteiger partial charge on any atom is -0.387 e. The van der Waals surface area contributed by atoms with Crippen molar-refractivity contribution >= 4 is 17.5 Å². The normalized spacial score (nSPS) is 21.2. The second-order valence-electron chi connectivity index (χ2n) is 5.16. The van der Waals surface area contributed by atoms with E-state index < -0.39 is 6.04 Å². The predicted molar refractivity (Wildman–Crippen MR) is 82.1 cm³/mol. The van der Waals surface area contributed by atoms with Gasteiger partial charge in [0.2, 0.25) is 5.91 Å². The summed E-state index contributed by atoms with van der Waals surface area (Å²) in [4.78, 5) is 26.4. The van der Waals surface area contributed by atoms with Crippen molar-refractivity contribution in [1.82, 2.24) is 10.2 Å². The van der Waals surface area contributed by atoms with Crippen molar-refractivity contribution in [2.24, 2.45) is 5.73 Å². The average Bonchev–Trinajstić information content (AvgIpc) is 2.88. The molecule has 0 unspecified atom stereocenters. The summed E-state index contributed by atoms with van der Waals surface area (Å²) in [6.07, 6.45) is 0.499. The van der Waals surface area contributed by atoms with E-state index in [1.165, 1.54) is 0 Å². The molecular weight excluding hydrogens is 268 g/mol. The third-order valence-corrected chi connectivity index (χ3v) is 3.67. The summed E-state index contributed by atoms with van der Waals surface area (Å²) in [6.45, 7) is 2.80. The molecule has 1 aromatic carbocycles. The third-order valence-electron chi connectivity index (χ3n) is 3.67. The Bertz CT molecular complexity index is 532. The van der Waals surface area contributed by atoms with Crippen LogP contribution < -0.4 is 16.4 Å². The van der Waals surface area contributed by atoms with E-state index >= 15 is 0 Å². The Morgan fingerprint density at radius 2 is 2.10 bits per heavy atom. The molecule has 6 nitrogen and oxygen atoms in total. The molecule has 4 N–H and O–H groups in total. The van der Waals surface area contributed by atoms with Crippen LogP contribution in [0.3, 0.4) is 0 Å². The van der Waals surface area contributed by atoms with Crippen LogP contribution in [0.1, 0.15) is 23.7 Å². The second-order valence-corrected chi connectivity index (χ2v) is 5.16. The zero-order chi connectivity index (χ0) is 15.4. The van der Waals surface area contributed by atoms with Gasteiger partial charge >= 0.3 is 0 Å². The van der Waals surface area contributed by atoms with Crippen molar-refractivity contribution < 1.29 is 9.59 Å². The minimum absolute atomic E-state index is 0.138. The van der Waals surface area contributed by atoms with Crippen LogP contribution in [0.4, 0.5) is 5.69 Å². The highest BCUT2D eigenvalue weighted by Crippen LogP contribution is 2.23. The van der Waals surface area contributed by atoms with Crippen LogP contribution >= 0.6 is 0 Å². The van der Waals surface area contributed by atoms with Crippen LogP contribution in [0.2, 0.25) is 0 Å². The van der Waals surface area contributed by atoms with Crippen molar-refractivity contribution in [2.75, 3.05) is 25.5 Å². The fraction of sp³-hybridized carbons (Fsp3) is 0.467. The monoisotopic (exact) mass is 290 g/mol. The summed E-state index contributed by atoms with van der Waals surface area (Å²) in [5.74, 6) is -0.301. The lowest BCUT2D eigenvalue weighted by atomic mass is 10.1. The van der Waals surface area contributed by atoms with Crippen LogP contribution in [0.15, 0.2) is 24.3 Å². The summed E-state index contributed by atoms with van der Waals surface area (Å²) in [5.41, 5.74) is 7.25. The number of amides is 2. The summed E-state index contributed by atoms with van der Waals surface area (Å²) in [5, 5.41) is 5.77. The molecule has 1 saturated heterocycles. The number of likely N-dealkylation sites (tertiary alicyclic amines) is 1. The quantitative estimate of drug-likeness (QED) is 0.749. The van der Waals surface area contributed by atoms with Gasteiger partial charge in [-0.3, -0.25) is 9.59 Å². The molecule has 1 fully saturated rings. The van der Waals surface area contributed by atoms with Crippen molar-refractivity contribution in [1.29, 1.82) is 0 Å². The molecule has 0 radical (unpaired) electrons. The summed E-state index contributed by atoms with van der Waals surface area (Å²) < 4.78 is 0. The summed E-state index contributed by atoms with van der Waals surface area (Å²) >= 11 is 0. The van der Waals surface area contributed by atoms with Crippen LogP contribution in [-0.4, -0.2) is 48.9 Å². The molecule has 1 aromatic rings. The molecule has 1 aliphatic rings. The average molecular weight is 290 g/mol. The number of hydrogen-bond acceptors (Lipinski definition) is 4. The number of benzene rings is 1. The highest BCUT2D eigenvalue weighted by Gasteiger charge is 2.38. The molecule has 1 heterocycles. The Hall–Kier alpha value is -2.08. The molecule has 0 bridgehead atoms. The van der Waals surface area contributed by atoms with E-state index in [0.717, 1.165) is 5.69 Å². The Morgan fingerprint density at radius 1 is 1.38 bits per heavy atom. The zero-order valence-electron chi connectivity index (χ0n) is 12.4. The molecule has 0 aliphatic carbocycles. The maximum atomic E-state index is 12.7. The largest absolute Gasteiger partial charge is 0.387 e. The smallest absolute Gasteiger partial charge is 0.256 e. The number of carbonyl (C=O) groups excluding carboxylic acids is 2. The molecule has 6 heteroatoms. The Morgan fingerprint density at radius 3 is 2.76 bits per heavy atom. The zero-order valence-corrected chi connectivity index (χ0v) is 12.4. The molecule has 2 amide bonds. The molecule has 0 aromatic heterocycles. The van der Waals surface area contributed by atoms with Gasteiger partial charge in [-0.25, -0.2) is 0 Å². The fourth-order valence-corrected chi connectivity index (χ4v) is 2.68. The molecule has 114 valence electrons. The molecule has 2 rings (SSSR count). The number of nitrogens with two attached hydrogens (primary N) is 1. The van der Waals surface area contributed by atoms with Crippen molar-refractivity contribution in [3.8, 4) is 0 Å². The van der Waals surface area contributed by atoms with E-state index in [-0.39, 0.29) is 17.9 Å². The number of para-hydroxylation sites is 1. The lowest BCUT2D eigenvalue weighted by molar-refractivity contribution is -0.124. The van der Waals surface area contributed by atoms with E-state index in [0.29, 0.717) is 25.1 Å². The number of rotatable bonds is 4. The fourth-order valence-electron chi connectivity index (χ4n) is 2.68. The van der Waals surface area contributed by atoms with E-state index in [4.69, 9.17) is 5.73 Å². The number of anilines is 1. The summed E-state index contributed by atoms with van der Waals surface area (Å²) in [6, 6.07) is 6.61. The molecule has 0 spiro atoms. The maximum absolute atomic E-state index is 12.7. The van der Waals surface area contributed by atoms with Crippen LogP contribution in [-0.2, 0) is 4.79 Å². The van der Waals surface area contributed by atoms with Gasteiger partial charge in [0.25, 0.3) is 5.91 Å². The van der Waals surface area contributed by atoms with Crippen LogP contribution in [0.5, 0.6) is 0 Å². The summed E-state index contributed by atoms with van der Waals surface area (Å²) in [7, 11) is 1.77. The van der Waals surface area contributed by atoms with Crippen LogP contribution in [0, 0.1) is 0 Å². The maximum Gasteiger partial charge on any atom is 0.256 e. The molecule has 21 heavy (non-hydrogen) atoms. The van der Waals surface area contributed by atoms with E-state index in [1.54, 1.807) is 18.0 Å².